The van der Waals surface area contributed by atoms with Gasteiger partial charge >= 0.3 is 0 Å². The van der Waals surface area contributed by atoms with Gasteiger partial charge in [-0.3, -0.25) is 14.5 Å². The van der Waals surface area contributed by atoms with Crippen LogP contribution >= 0.6 is 0 Å². The molecule has 0 radical (unpaired) electrons. The van der Waals surface area contributed by atoms with Crippen LogP contribution in [0, 0.1) is 5.41 Å². The van der Waals surface area contributed by atoms with Gasteiger partial charge in [-0.25, -0.2) is 0 Å². The maximum Gasteiger partial charge on any atom is 0.233 e. The molecule has 0 aromatic carbocycles. The highest BCUT2D eigenvalue weighted by Gasteiger charge is 2.42. The molecule has 0 aromatic heterocycles. The highest BCUT2D eigenvalue weighted by Crippen LogP contribution is 2.38. The van der Waals surface area contributed by atoms with Crippen LogP contribution in [0.15, 0.2) is 0 Å². The standard InChI is InChI=1S/C14H26N4O2/c1-16-12(19)10-17-6-8-18(9-7-17)13(20)14(11-15)4-2-3-5-14/h2-11,15H2,1H3,(H,16,19). The van der Waals surface area contributed by atoms with Crippen molar-refractivity contribution >= 4 is 11.8 Å². The molecule has 2 fully saturated rings. The lowest BCUT2D eigenvalue weighted by atomic mass is 9.84. The molecule has 2 aliphatic rings. The minimum absolute atomic E-state index is 0.0268. The number of amides is 2. The van der Waals surface area contributed by atoms with Crippen LogP contribution in [-0.4, -0.2) is 67.9 Å². The Kier molecular flexibility index (Phi) is 4.99. The maximum atomic E-state index is 12.7. The van der Waals surface area contributed by atoms with Crippen LogP contribution in [0.1, 0.15) is 25.7 Å². The largest absolute Gasteiger partial charge is 0.358 e. The highest BCUT2D eigenvalue weighted by atomic mass is 16.2. The van der Waals surface area contributed by atoms with E-state index in [0.29, 0.717) is 26.2 Å². The van der Waals surface area contributed by atoms with E-state index in [1.807, 2.05) is 4.90 Å². The van der Waals surface area contributed by atoms with E-state index in [-0.39, 0.29) is 17.2 Å². The van der Waals surface area contributed by atoms with Crippen LogP contribution < -0.4 is 11.1 Å². The van der Waals surface area contributed by atoms with Gasteiger partial charge in [-0.1, -0.05) is 12.8 Å². The van der Waals surface area contributed by atoms with Gasteiger partial charge in [0.15, 0.2) is 0 Å². The number of nitrogens with two attached hydrogens (primary N) is 1. The summed E-state index contributed by atoms with van der Waals surface area (Å²) in [6.45, 7) is 3.82. The molecule has 0 atom stereocenters. The number of likely N-dealkylation sites (N-methyl/N-ethyl adjacent to an activating group) is 1. The zero-order chi connectivity index (χ0) is 14.6. The summed E-state index contributed by atoms with van der Waals surface area (Å²) in [5.74, 6) is 0.260. The Balaban J connectivity index is 1.87. The van der Waals surface area contributed by atoms with Crippen LogP contribution in [0.5, 0.6) is 0 Å². The van der Waals surface area contributed by atoms with Gasteiger partial charge in [0.05, 0.1) is 12.0 Å². The van der Waals surface area contributed by atoms with Crippen LogP contribution in [0.4, 0.5) is 0 Å². The predicted molar refractivity (Wildman–Crippen MR) is 77.0 cm³/mol. The Bertz CT molecular complexity index is 358. The predicted octanol–water partition coefficient (Wildman–Crippen LogP) is -0.604. The molecule has 114 valence electrons. The number of nitrogens with one attached hydrogen (secondary N) is 1. The number of rotatable bonds is 4. The third kappa shape index (κ3) is 3.12. The molecule has 20 heavy (non-hydrogen) atoms. The summed E-state index contributed by atoms with van der Waals surface area (Å²) in [5, 5.41) is 2.63. The summed E-state index contributed by atoms with van der Waals surface area (Å²) in [5.41, 5.74) is 5.57. The Morgan fingerprint density at radius 3 is 2.25 bits per heavy atom. The molecule has 6 heteroatoms. The van der Waals surface area contributed by atoms with Crippen molar-refractivity contribution in [2.75, 3.05) is 46.3 Å². The van der Waals surface area contributed by atoms with Crippen molar-refractivity contribution in [2.45, 2.75) is 25.7 Å². The van der Waals surface area contributed by atoms with Crippen LogP contribution in [-0.2, 0) is 9.59 Å². The van der Waals surface area contributed by atoms with Crippen LogP contribution in [0.25, 0.3) is 0 Å². The van der Waals surface area contributed by atoms with E-state index in [2.05, 4.69) is 10.2 Å². The average molecular weight is 282 g/mol. The summed E-state index contributed by atoms with van der Waals surface area (Å²) in [6.07, 6.45) is 4.08. The first kappa shape index (κ1) is 15.3. The van der Waals surface area contributed by atoms with Gasteiger partial charge in [-0.15, -0.1) is 0 Å². The zero-order valence-electron chi connectivity index (χ0n) is 12.4. The van der Waals surface area contributed by atoms with E-state index >= 15 is 0 Å². The summed E-state index contributed by atoms with van der Waals surface area (Å²) >= 11 is 0. The molecular formula is C14H26N4O2. The van der Waals surface area contributed by atoms with Crippen LogP contribution in [0.2, 0.25) is 0 Å². The van der Waals surface area contributed by atoms with E-state index < -0.39 is 0 Å². The van der Waals surface area contributed by atoms with Crippen molar-refractivity contribution in [3.05, 3.63) is 0 Å². The lowest BCUT2D eigenvalue weighted by molar-refractivity contribution is -0.143. The van der Waals surface area contributed by atoms with Crippen molar-refractivity contribution in [1.29, 1.82) is 0 Å². The molecule has 1 saturated heterocycles. The van der Waals surface area contributed by atoms with Crippen molar-refractivity contribution in [1.82, 2.24) is 15.1 Å². The fraction of sp³-hybridized carbons (Fsp3) is 0.857. The zero-order valence-corrected chi connectivity index (χ0v) is 12.4. The minimum atomic E-state index is -0.303. The summed E-state index contributed by atoms with van der Waals surface area (Å²) < 4.78 is 0. The van der Waals surface area contributed by atoms with E-state index in [9.17, 15) is 9.59 Å². The third-order valence-electron chi connectivity index (χ3n) is 4.71. The van der Waals surface area contributed by atoms with E-state index in [1.54, 1.807) is 7.05 Å². The van der Waals surface area contributed by atoms with Gasteiger partial charge in [0.25, 0.3) is 0 Å². The molecule has 0 unspecified atom stereocenters. The molecule has 6 nitrogen and oxygen atoms in total. The van der Waals surface area contributed by atoms with Gasteiger partial charge < -0.3 is 16.0 Å². The fourth-order valence-corrected chi connectivity index (χ4v) is 3.28. The first-order valence-corrected chi connectivity index (χ1v) is 7.54. The second-order valence-corrected chi connectivity index (χ2v) is 5.93. The highest BCUT2D eigenvalue weighted by molar-refractivity contribution is 5.83. The molecule has 1 heterocycles. The Morgan fingerprint density at radius 2 is 1.75 bits per heavy atom. The second-order valence-electron chi connectivity index (χ2n) is 5.93. The third-order valence-corrected chi connectivity index (χ3v) is 4.71. The molecule has 1 aliphatic heterocycles. The summed E-state index contributed by atoms with van der Waals surface area (Å²) in [4.78, 5) is 28.1. The molecule has 2 amide bonds. The number of carbonyl (C=O) groups is 2. The maximum absolute atomic E-state index is 12.7. The molecule has 0 spiro atoms. The lowest BCUT2D eigenvalue weighted by Gasteiger charge is -2.39. The van der Waals surface area contributed by atoms with E-state index in [1.165, 1.54) is 0 Å². The molecule has 0 aromatic rings. The Hall–Kier alpha value is -1.14. The monoisotopic (exact) mass is 282 g/mol. The number of hydrogen-bond donors (Lipinski definition) is 2. The Labute approximate surface area is 120 Å². The van der Waals surface area contributed by atoms with Crippen molar-refractivity contribution in [3.8, 4) is 0 Å². The van der Waals surface area contributed by atoms with Crippen molar-refractivity contribution in [2.24, 2.45) is 11.1 Å². The van der Waals surface area contributed by atoms with Gasteiger partial charge in [-0.05, 0) is 12.8 Å². The number of piperazine rings is 1. The average Bonchev–Trinajstić information content (AvgIpc) is 2.97. The van der Waals surface area contributed by atoms with Crippen LogP contribution in [0.3, 0.4) is 0 Å². The number of nitrogens with zero attached hydrogens (tertiary/aromatic N) is 2. The lowest BCUT2D eigenvalue weighted by Crippen LogP contribution is -2.55. The smallest absolute Gasteiger partial charge is 0.233 e. The normalized spacial score (nSPS) is 22.8. The molecule has 1 aliphatic carbocycles. The van der Waals surface area contributed by atoms with Crippen molar-refractivity contribution in [3.63, 3.8) is 0 Å². The van der Waals surface area contributed by atoms with E-state index in [0.717, 1.165) is 38.8 Å². The molecular weight excluding hydrogens is 256 g/mol. The summed E-state index contributed by atoms with van der Waals surface area (Å²) in [6, 6.07) is 0. The summed E-state index contributed by atoms with van der Waals surface area (Å²) in [7, 11) is 1.65. The van der Waals surface area contributed by atoms with Gasteiger partial charge in [-0.2, -0.15) is 0 Å². The number of carbonyl (C=O) groups excluding carboxylic acids is 2. The molecule has 2 rings (SSSR count). The second kappa shape index (κ2) is 6.54. The van der Waals surface area contributed by atoms with Gasteiger partial charge in [0.2, 0.25) is 11.8 Å². The van der Waals surface area contributed by atoms with Gasteiger partial charge in [0, 0.05) is 39.8 Å². The first-order chi connectivity index (χ1) is 9.61. The van der Waals surface area contributed by atoms with Crippen molar-refractivity contribution < 1.29 is 9.59 Å². The number of hydrogen-bond acceptors (Lipinski definition) is 4. The fourth-order valence-electron chi connectivity index (χ4n) is 3.28. The van der Waals surface area contributed by atoms with Gasteiger partial charge in [0.1, 0.15) is 0 Å². The quantitative estimate of drug-likeness (QED) is 0.721. The first-order valence-electron chi connectivity index (χ1n) is 7.54. The minimum Gasteiger partial charge on any atom is -0.358 e. The Morgan fingerprint density at radius 1 is 1.15 bits per heavy atom. The molecule has 1 saturated carbocycles. The molecule has 0 bridgehead atoms. The van der Waals surface area contributed by atoms with E-state index in [4.69, 9.17) is 5.73 Å². The molecule has 3 N–H and O–H groups in total. The SMILES string of the molecule is CNC(=O)CN1CCN(C(=O)C2(CN)CCCC2)CC1. The topological polar surface area (TPSA) is 78.7 Å².